The van der Waals surface area contributed by atoms with Gasteiger partial charge in [0.05, 0.1) is 94.9 Å². The molecule has 0 spiro atoms. The minimum atomic E-state index is -4.55. The summed E-state index contributed by atoms with van der Waals surface area (Å²) < 4.78 is 114. The Balaban J connectivity index is 0.000000231. The number of amides is 3. The topological polar surface area (TPSA) is 249 Å². The summed E-state index contributed by atoms with van der Waals surface area (Å²) >= 11 is 25.2. The Hall–Kier alpha value is -7.27. The van der Waals surface area contributed by atoms with Gasteiger partial charge in [-0.25, -0.2) is 43.3 Å². The molecule has 7 heterocycles. The first-order valence-electron chi connectivity index (χ1n) is 21.5. The van der Waals surface area contributed by atoms with E-state index in [2.05, 4.69) is 40.4 Å². The summed E-state index contributed by atoms with van der Waals surface area (Å²) in [5.41, 5.74) is 16.1. The van der Waals surface area contributed by atoms with E-state index in [1.807, 2.05) is 5.32 Å². The van der Waals surface area contributed by atoms with Gasteiger partial charge in [-0.3, -0.25) is 13.9 Å². The molecular weight excluding hydrogens is 1120 g/mol. The van der Waals surface area contributed by atoms with Crippen LogP contribution in [0.15, 0.2) is 67.8 Å². The molecule has 9 rings (SSSR count). The molecule has 7 N–H and O–H groups in total. The van der Waals surface area contributed by atoms with Crippen LogP contribution in [0.3, 0.4) is 0 Å². The summed E-state index contributed by atoms with van der Waals surface area (Å²) in [7, 11) is 0. The lowest BCUT2D eigenvalue weighted by Crippen LogP contribution is -2.41. The van der Waals surface area contributed by atoms with Crippen LogP contribution in [0.2, 0.25) is 20.1 Å². The molecule has 32 heteroatoms. The number of aromatic nitrogens is 10. The summed E-state index contributed by atoms with van der Waals surface area (Å²) in [5, 5.41) is 15.7. The maximum Gasteiger partial charge on any atom is 0.405 e. The number of nitrogens with one attached hydrogen (secondary N) is 3. The Labute approximate surface area is 453 Å². The monoisotopic (exact) mass is 1170 g/mol. The fourth-order valence-electron chi connectivity index (χ4n) is 7.16. The largest absolute Gasteiger partial charge is 0.491 e. The van der Waals surface area contributed by atoms with E-state index < -0.39 is 49.1 Å². The number of carbonyl (C=O) groups excluding carboxylic acids is 2. The van der Waals surface area contributed by atoms with Crippen LogP contribution >= 0.6 is 46.4 Å². The lowest BCUT2D eigenvalue weighted by molar-refractivity contribution is -0.123. The molecule has 414 valence electrons. The molecule has 3 amide bonds. The Kier molecular flexibility index (Phi) is 20.6. The smallest absolute Gasteiger partial charge is 0.405 e. The van der Waals surface area contributed by atoms with Crippen molar-refractivity contribution >= 4 is 70.4 Å². The van der Waals surface area contributed by atoms with Crippen molar-refractivity contribution in [2.45, 2.75) is 66.5 Å². The molecule has 7 aromatic rings. The number of hydrogen-bond donors (Lipinski definition) is 5. The molecule has 20 nitrogen and oxygen atoms in total. The molecule has 0 fully saturated rings. The molecule has 2 aliphatic heterocycles. The van der Waals surface area contributed by atoms with Gasteiger partial charge in [-0.05, 0) is 24.3 Å². The molecule has 5 aromatic heterocycles. The van der Waals surface area contributed by atoms with E-state index in [0.29, 0.717) is 63.5 Å². The molecule has 0 unspecified atom stereocenters. The number of fused-ring (bicyclic) bond motifs is 2. The van der Waals surface area contributed by atoms with Crippen molar-refractivity contribution in [2.75, 3.05) is 37.8 Å². The van der Waals surface area contributed by atoms with Crippen LogP contribution in [0.4, 0.5) is 56.6 Å². The molecule has 0 saturated carbocycles. The number of imidazole rings is 1. The minimum absolute atomic E-state index is 0. The Morgan fingerprint density at radius 2 is 1.17 bits per heavy atom. The van der Waals surface area contributed by atoms with Gasteiger partial charge in [0.1, 0.15) is 44.1 Å². The SMILES string of the molecule is C.C.Nc1nc2c(c(-c3c(Cl)cc(Cl)cc3OCCn3cc(F)cn3)n1)CN(C(=O)NCC(F)(F)F)C2.Nc1nc2c(c(-c3c(Cl)cc(Cl)cc3OCCn3cc(F)cn3)n1)CNC2.O=C(NCC(F)(F)F)n1ccnc1. The summed E-state index contributed by atoms with van der Waals surface area (Å²) in [6.45, 7) is -0.874. The molecule has 77 heavy (non-hydrogen) atoms. The van der Waals surface area contributed by atoms with Gasteiger partial charge >= 0.3 is 24.4 Å². The van der Waals surface area contributed by atoms with Gasteiger partial charge < -0.3 is 41.8 Å². The number of nitrogens with two attached hydrogens (primary N) is 2. The number of ether oxygens (including phenoxy) is 2. The lowest BCUT2D eigenvalue weighted by atomic mass is 10.0. The number of carbonyl (C=O) groups is 2. The van der Waals surface area contributed by atoms with E-state index in [4.69, 9.17) is 67.3 Å². The van der Waals surface area contributed by atoms with Gasteiger partial charge in [0.25, 0.3) is 0 Å². The van der Waals surface area contributed by atoms with Crippen LogP contribution < -0.4 is 36.9 Å². The maximum absolute atomic E-state index is 13.2. The zero-order valence-corrected chi connectivity index (χ0v) is 41.2. The third kappa shape index (κ3) is 16.6. The van der Waals surface area contributed by atoms with Crippen LogP contribution in [-0.4, -0.2) is 105 Å². The maximum atomic E-state index is 13.2. The Bertz CT molecular complexity index is 3160. The number of halogens is 12. The van der Waals surface area contributed by atoms with Crippen molar-refractivity contribution in [3.63, 3.8) is 0 Å². The highest BCUT2D eigenvalue weighted by molar-refractivity contribution is 6.37. The van der Waals surface area contributed by atoms with E-state index in [9.17, 15) is 44.7 Å². The second-order valence-electron chi connectivity index (χ2n) is 15.8. The molecule has 0 bridgehead atoms. The number of benzene rings is 2. The number of anilines is 2. The molecule has 0 aliphatic carbocycles. The van der Waals surface area contributed by atoms with E-state index in [1.165, 1.54) is 46.3 Å². The second-order valence-corrected chi connectivity index (χ2v) is 17.4. The standard InChI is InChI=1S/C20H17Cl2F4N7O2.C17H15Cl2FN6O.C6H6F3N3O.2CH4/c21-10-3-13(22)16(15(4-10)35-2-1-33-6-11(23)5-29-33)17-12-7-32(8-14(12)30-18(27)31-17)19(34)28-9-20(24,25)26;18-9-3-12(19)15(16-11-6-22-7-13(11)24-17(21)25-16)14(4-9)27-2-1-26-8-10(20)5-23-26;7-6(8,9)3-11-5(13)12-2-1-10-4-12;;/h3-6H,1-2,7-9H2,(H,28,34)(H2,27,30,31);3-5,8,22H,1-2,6-7H2,(H2,21,24,25);1-2,4H,3H2,(H,11,13);2*1H4. The van der Waals surface area contributed by atoms with Gasteiger partial charge in [0.2, 0.25) is 11.9 Å². The molecule has 0 radical (unpaired) electrons. The van der Waals surface area contributed by atoms with Gasteiger partial charge in [0, 0.05) is 46.7 Å². The zero-order valence-electron chi connectivity index (χ0n) is 38.2. The number of alkyl halides is 6. The first-order valence-corrected chi connectivity index (χ1v) is 23.1. The highest BCUT2D eigenvalue weighted by Gasteiger charge is 2.34. The quantitative estimate of drug-likeness (QED) is 0.0716. The van der Waals surface area contributed by atoms with Gasteiger partial charge in [0.15, 0.2) is 11.6 Å². The summed E-state index contributed by atoms with van der Waals surface area (Å²) in [5.74, 6) is -0.159. The zero-order chi connectivity index (χ0) is 54.2. The molecule has 0 saturated heterocycles. The number of rotatable bonds is 12. The van der Waals surface area contributed by atoms with E-state index in [1.54, 1.807) is 17.4 Å². The van der Waals surface area contributed by atoms with Crippen molar-refractivity contribution in [1.29, 1.82) is 0 Å². The van der Waals surface area contributed by atoms with E-state index in [0.717, 1.165) is 39.4 Å². The number of nitrogen functional groups attached to an aromatic ring is 2. The van der Waals surface area contributed by atoms with Crippen molar-refractivity contribution in [2.24, 2.45) is 0 Å². The second kappa shape index (κ2) is 26.2. The van der Waals surface area contributed by atoms with Crippen LogP contribution in [0.25, 0.3) is 22.5 Å². The number of hydrogen-bond acceptors (Lipinski definition) is 14. The normalized spacial score (nSPS) is 12.4. The fourth-order valence-corrected chi connectivity index (χ4v) is 8.29. The van der Waals surface area contributed by atoms with Gasteiger partial charge in [-0.1, -0.05) is 61.3 Å². The Morgan fingerprint density at radius 3 is 1.64 bits per heavy atom. The summed E-state index contributed by atoms with van der Waals surface area (Å²) in [6, 6.07) is 4.48. The van der Waals surface area contributed by atoms with Crippen molar-refractivity contribution in [3.05, 3.63) is 122 Å². The van der Waals surface area contributed by atoms with Crippen LogP contribution in [0.5, 0.6) is 11.5 Å². The summed E-state index contributed by atoms with van der Waals surface area (Å²) in [4.78, 5) is 44.9. The highest BCUT2D eigenvalue weighted by atomic mass is 35.5. The average Bonchev–Trinajstić information content (AvgIpc) is 4.20. The molecular formula is C45H46Cl4F8N16O4. The van der Waals surface area contributed by atoms with Crippen LogP contribution in [0, 0.1) is 11.6 Å². The minimum Gasteiger partial charge on any atom is -0.491 e. The third-order valence-corrected chi connectivity index (χ3v) is 11.3. The Morgan fingerprint density at radius 1 is 0.675 bits per heavy atom. The average molecular weight is 1170 g/mol. The first-order chi connectivity index (χ1) is 35.5. The van der Waals surface area contributed by atoms with Gasteiger partial charge in [-0.15, -0.1) is 0 Å². The highest BCUT2D eigenvalue weighted by Crippen LogP contribution is 2.43. The summed E-state index contributed by atoms with van der Waals surface area (Å²) in [6.07, 6.45) is -0.582. The predicted molar refractivity (Wildman–Crippen MR) is 269 cm³/mol. The number of urea groups is 1. The lowest BCUT2D eigenvalue weighted by Gasteiger charge is -2.18. The van der Waals surface area contributed by atoms with Crippen LogP contribution in [0.1, 0.15) is 37.4 Å². The number of nitrogens with zero attached hydrogens (tertiary/aromatic N) is 11. The first kappa shape index (κ1) is 60.6. The van der Waals surface area contributed by atoms with Gasteiger partial charge in [-0.2, -0.15) is 36.5 Å². The van der Waals surface area contributed by atoms with Crippen molar-refractivity contribution in [1.82, 2.24) is 69.9 Å². The van der Waals surface area contributed by atoms with Crippen molar-refractivity contribution < 1.29 is 54.2 Å². The van der Waals surface area contributed by atoms with Crippen LogP contribution in [-0.2, 0) is 39.3 Å². The van der Waals surface area contributed by atoms with Crippen molar-refractivity contribution in [3.8, 4) is 34.0 Å². The predicted octanol–water partition coefficient (Wildman–Crippen LogP) is 9.36. The van der Waals surface area contributed by atoms with E-state index in [-0.39, 0.29) is 81.1 Å². The molecule has 2 aliphatic rings. The molecule has 2 aromatic carbocycles. The third-order valence-electron chi connectivity index (χ3n) is 10.3. The van der Waals surface area contributed by atoms with E-state index >= 15 is 0 Å². The fraction of sp³-hybridized carbons (Fsp3) is 0.311. The molecule has 0 atom stereocenters.